The summed E-state index contributed by atoms with van der Waals surface area (Å²) in [5.74, 6) is -0.515. The van der Waals surface area contributed by atoms with Crippen molar-refractivity contribution in [3.63, 3.8) is 0 Å². The summed E-state index contributed by atoms with van der Waals surface area (Å²) in [6.07, 6.45) is -0.198. The van der Waals surface area contributed by atoms with Crippen molar-refractivity contribution in [2.75, 3.05) is 6.54 Å². The molecule has 0 fully saturated rings. The number of nitro benzene ring substituents is 1. The molecule has 0 aliphatic rings. The van der Waals surface area contributed by atoms with E-state index in [0.717, 1.165) is 10.8 Å². The smallest absolute Gasteiger partial charge is 0.307 e. The van der Waals surface area contributed by atoms with E-state index in [1.165, 1.54) is 30.3 Å². The second-order valence-corrected chi connectivity index (χ2v) is 8.89. The molecule has 11 nitrogen and oxygen atoms in total. The lowest BCUT2D eigenvalue weighted by Gasteiger charge is -2.08. The van der Waals surface area contributed by atoms with Gasteiger partial charge in [-0.3, -0.25) is 14.9 Å². The minimum Gasteiger partial charge on any atom is -0.456 e. The molecule has 0 aliphatic heterocycles. The number of hydrogen-bond acceptors (Lipinski definition) is 9. The lowest BCUT2D eigenvalue weighted by molar-refractivity contribution is -0.384. The van der Waals surface area contributed by atoms with Gasteiger partial charge in [0.15, 0.2) is 6.61 Å². The van der Waals surface area contributed by atoms with Gasteiger partial charge in [0.05, 0.1) is 16.2 Å². The summed E-state index contributed by atoms with van der Waals surface area (Å²) in [5, 5.41) is 20.0. The SMILES string of the molecule is O=C(CCNS(=O)(=O)c1ccc2ccccc2c1)OCc1nnc(-c2ccc([N+](=O)[O-])cc2)o1. The number of rotatable bonds is 9. The van der Waals surface area contributed by atoms with Gasteiger partial charge in [0.1, 0.15) is 0 Å². The summed E-state index contributed by atoms with van der Waals surface area (Å²) in [6, 6.07) is 17.7. The maximum atomic E-state index is 12.5. The molecule has 0 atom stereocenters. The van der Waals surface area contributed by atoms with Crippen molar-refractivity contribution in [1.29, 1.82) is 0 Å². The van der Waals surface area contributed by atoms with E-state index >= 15 is 0 Å². The highest BCUT2D eigenvalue weighted by Gasteiger charge is 2.16. The molecular formula is C22H18N4O7S. The van der Waals surface area contributed by atoms with Gasteiger partial charge < -0.3 is 9.15 Å². The normalized spacial score (nSPS) is 11.4. The lowest BCUT2D eigenvalue weighted by atomic mass is 10.1. The first-order chi connectivity index (χ1) is 16.3. The number of fused-ring (bicyclic) bond motifs is 1. The molecule has 1 aromatic heterocycles. The summed E-state index contributed by atoms with van der Waals surface area (Å²) in [6.45, 7) is -0.442. The average molecular weight is 482 g/mol. The first-order valence-electron chi connectivity index (χ1n) is 10.0. The number of esters is 1. The number of ether oxygens (including phenoxy) is 1. The fraction of sp³-hybridized carbons (Fsp3) is 0.136. The van der Waals surface area contributed by atoms with Gasteiger partial charge in [0.2, 0.25) is 15.9 Å². The molecule has 0 aliphatic carbocycles. The summed E-state index contributed by atoms with van der Waals surface area (Å²) in [7, 11) is -3.79. The maximum Gasteiger partial charge on any atom is 0.307 e. The Morgan fingerprint density at radius 2 is 1.76 bits per heavy atom. The average Bonchev–Trinajstić information content (AvgIpc) is 3.31. The molecule has 1 heterocycles. The predicted octanol–water partition coefficient (Wildman–Crippen LogP) is 3.21. The first kappa shape index (κ1) is 23.0. The van der Waals surface area contributed by atoms with Crippen molar-refractivity contribution in [3.8, 4) is 11.5 Å². The number of non-ortho nitro benzene ring substituents is 1. The van der Waals surface area contributed by atoms with Crippen LogP contribution in [0.3, 0.4) is 0 Å². The van der Waals surface area contributed by atoms with Crippen LogP contribution in [0.25, 0.3) is 22.2 Å². The highest BCUT2D eigenvalue weighted by atomic mass is 32.2. The topological polar surface area (TPSA) is 155 Å². The molecule has 0 unspecified atom stereocenters. The minimum atomic E-state index is -3.79. The van der Waals surface area contributed by atoms with Crippen LogP contribution in [-0.2, 0) is 26.2 Å². The molecular weight excluding hydrogens is 464 g/mol. The van der Waals surface area contributed by atoms with Gasteiger partial charge in [-0.15, -0.1) is 10.2 Å². The molecule has 0 radical (unpaired) electrons. The van der Waals surface area contributed by atoms with Crippen LogP contribution in [-0.4, -0.2) is 36.1 Å². The zero-order valence-electron chi connectivity index (χ0n) is 17.6. The van der Waals surface area contributed by atoms with E-state index < -0.39 is 20.9 Å². The van der Waals surface area contributed by atoms with E-state index in [9.17, 15) is 23.3 Å². The van der Waals surface area contributed by atoms with Gasteiger partial charge in [0.25, 0.3) is 11.6 Å². The van der Waals surface area contributed by atoms with Gasteiger partial charge in [-0.25, -0.2) is 13.1 Å². The van der Waals surface area contributed by atoms with Crippen molar-refractivity contribution in [1.82, 2.24) is 14.9 Å². The van der Waals surface area contributed by atoms with Crippen molar-refractivity contribution in [2.24, 2.45) is 0 Å². The van der Waals surface area contributed by atoms with Crippen LogP contribution in [0.4, 0.5) is 5.69 Å². The van der Waals surface area contributed by atoms with E-state index in [2.05, 4.69) is 14.9 Å². The zero-order valence-corrected chi connectivity index (χ0v) is 18.4. The monoisotopic (exact) mass is 482 g/mol. The van der Waals surface area contributed by atoms with Crippen molar-refractivity contribution in [2.45, 2.75) is 17.9 Å². The molecule has 34 heavy (non-hydrogen) atoms. The molecule has 4 aromatic rings. The quantitative estimate of drug-likeness (QED) is 0.215. The number of carbonyl (C=O) groups excluding carboxylic acids is 1. The Kier molecular flexibility index (Phi) is 6.61. The van der Waals surface area contributed by atoms with Gasteiger partial charge in [-0.2, -0.15) is 0 Å². The molecule has 0 saturated heterocycles. The largest absolute Gasteiger partial charge is 0.456 e. The minimum absolute atomic E-state index is 0.0263. The van der Waals surface area contributed by atoms with Crippen molar-refractivity contribution in [3.05, 3.63) is 82.7 Å². The number of sulfonamides is 1. The molecule has 0 amide bonds. The summed E-state index contributed by atoms with van der Waals surface area (Å²) in [5.41, 5.74) is 0.396. The van der Waals surface area contributed by atoms with Crippen LogP contribution in [0.2, 0.25) is 0 Å². The van der Waals surface area contributed by atoms with E-state index in [-0.39, 0.29) is 41.9 Å². The standard InChI is InChI=1S/C22H18N4O7S/c27-21(11-12-23-34(30,31)19-10-7-15-3-1-2-4-17(15)13-19)32-14-20-24-25-22(33-20)16-5-8-18(9-6-16)26(28)29/h1-10,13,23H,11-12,14H2. The third-order valence-electron chi connectivity index (χ3n) is 4.80. The van der Waals surface area contributed by atoms with Crippen LogP contribution < -0.4 is 4.72 Å². The lowest BCUT2D eigenvalue weighted by Crippen LogP contribution is -2.26. The number of nitrogens with zero attached hydrogens (tertiary/aromatic N) is 3. The number of aromatic nitrogens is 2. The van der Waals surface area contributed by atoms with Gasteiger partial charge in [-0.1, -0.05) is 30.3 Å². The third kappa shape index (κ3) is 5.42. The van der Waals surface area contributed by atoms with Crippen LogP contribution in [0.15, 0.2) is 76.0 Å². The Morgan fingerprint density at radius 3 is 2.50 bits per heavy atom. The van der Waals surface area contributed by atoms with Gasteiger partial charge in [-0.05, 0) is 35.0 Å². The van der Waals surface area contributed by atoms with E-state index in [4.69, 9.17) is 9.15 Å². The molecule has 0 bridgehead atoms. The highest BCUT2D eigenvalue weighted by Crippen LogP contribution is 2.22. The van der Waals surface area contributed by atoms with E-state index in [0.29, 0.717) is 5.56 Å². The predicted molar refractivity (Wildman–Crippen MR) is 120 cm³/mol. The number of nitrogens with one attached hydrogen (secondary N) is 1. The van der Waals surface area contributed by atoms with Gasteiger partial charge >= 0.3 is 5.97 Å². The molecule has 0 saturated carbocycles. The molecule has 4 rings (SSSR count). The fourth-order valence-electron chi connectivity index (χ4n) is 3.07. The first-order valence-corrected chi connectivity index (χ1v) is 11.5. The van der Waals surface area contributed by atoms with Crippen molar-refractivity contribution >= 4 is 32.5 Å². The Bertz CT molecular complexity index is 1450. The third-order valence-corrected chi connectivity index (χ3v) is 6.26. The summed E-state index contributed by atoms with van der Waals surface area (Å²) in [4.78, 5) is 22.3. The molecule has 0 spiro atoms. The number of hydrogen-bond donors (Lipinski definition) is 1. The highest BCUT2D eigenvalue weighted by molar-refractivity contribution is 7.89. The summed E-state index contributed by atoms with van der Waals surface area (Å²) < 4.78 is 37.8. The van der Waals surface area contributed by atoms with Gasteiger partial charge in [0, 0.05) is 24.2 Å². The number of nitro groups is 1. The fourth-order valence-corrected chi connectivity index (χ4v) is 4.14. The zero-order chi connectivity index (χ0) is 24.1. The molecule has 1 N–H and O–H groups in total. The van der Waals surface area contributed by atoms with Crippen LogP contribution in [0.1, 0.15) is 12.3 Å². The van der Waals surface area contributed by atoms with Crippen LogP contribution >= 0.6 is 0 Å². The van der Waals surface area contributed by atoms with E-state index in [1.807, 2.05) is 24.3 Å². The molecule has 3 aromatic carbocycles. The Labute approximate surface area is 193 Å². The van der Waals surface area contributed by atoms with E-state index in [1.54, 1.807) is 12.1 Å². The number of carbonyl (C=O) groups is 1. The molecule has 174 valence electrons. The molecule has 12 heteroatoms. The Morgan fingerprint density at radius 1 is 1.03 bits per heavy atom. The second kappa shape index (κ2) is 9.77. The number of benzene rings is 3. The Hall–Kier alpha value is -4.16. The van der Waals surface area contributed by atoms with Crippen LogP contribution in [0.5, 0.6) is 0 Å². The van der Waals surface area contributed by atoms with Crippen LogP contribution in [0, 0.1) is 10.1 Å². The van der Waals surface area contributed by atoms with Crippen molar-refractivity contribution < 1.29 is 27.3 Å². The maximum absolute atomic E-state index is 12.5. The summed E-state index contributed by atoms with van der Waals surface area (Å²) >= 11 is 0. The second-order valence-electron chi connectivity index (χ2n) is 7.12. The Balaban J connectivity index is 1.27.